The number of hydrogen-bond donors (Lipinski definition) is 1. The molecule has 0 spiro atoms. The number of likely N-dealkylation sites (tertiary alicyclic amines) is 1. The van der Waals surface area contributed by atoms with Crippen LogP contribution in [0.1, 0.15) is 30.7 Å². The Morgan fingerprint density at radius 1 is 1.05 bits per heavy atom. The summed E-state index contributed by atoms with van der Waals surface area (Å²) in [6.45, 7) is 1.55. The number of nitrogens with zero attached hydrogens (tertiary/aromatic N) is 1. The molecule has 116 valence electrons. The van der Waals surface area contributed by atoms with Crippen LogP contribution in [0.4, 0.5) is 0 Å². The first-order valence-electron chi connectivity index (χ1n) is 8.83. The standard InChI is InChI=1S/C19H24N2O/c20-15-10-21(9-14(15)11-4-2-1-3-5-11)19(22)18-16-12-6-7-13(8-12)17(16)18/h1-5,12-18H,6-10,20H2/t12?,13?,14-,15+,16?,17?,18?/m0/s1. The van der Waals surface area contributed by atoms with Crippen LogP contribution in [-0.2, 0) is 4.79 Å². The Bertz CT molecular complexity index is 585. The quantitative estimate of drug-likeness (QED) is 0.909. The highest BCUT2D eigenvalue weighted by Crippen LogP contribution is 2.69. The molecule has 4 fully saturated rings. The lowest BCUT2D eigenvalue weighted by Crippen LogP contribution is -2.34. The van der Waals surface area contributed by atoms with Gasteiger partial charge in [0.15, 0.2) is 0 Å². The molecule has 2 bridgehead atoms. The molecule has 22 heavy (non-hydrogen) atoms. The van der Waals surface area contributed by atoms with Crippen molar-refractivity contribution in [2.75, 3.05) is 13.1 Å². The third-order valence-corrected chi connectivity index (χ3v) is 6.92. The summed E-state index contributed by atoms with van der Waals surface area (Å²) in [4.78, 5) is 15.0. The number of amides is 1. The maximum Gasteiger partial charge on any atom is 0.226 e. The predicted octanol–water partition coefficient (Wildman–Crippen LogP) is 2.23. The summed E-state index contributed by atoms with van der Waals surface area (Å²) in [5.74, 6) is 4.28. The van der Waals surface area contributed by atoms with E-state index in [1.807, 2.05) is 6.07 Å². The summed E-state index contributed by atoms with van der Waals surface area (Å²) < 4.78 is 0. The molecular weight excluding hydrogens is 272 g/mol. The van der Waals surface area contributed by atoms with Gasteiger partial charge in [0.1, 0.15) is 0 Å². The second-order valence-electron chi connectivity index (χ2n) is 7.94. The highest BCUT2D eigenvalue weighted by molar-refractivity contribution is 5.83. The Morgan fingerprint density at radius 3 is 2.41 bits per heavy atom. The van der Waals surface area contributed by atoms with Crippen LogP contribution in [-0.4, -0.2) is 29.9 Å². The Kier molecular flexibility index (Phi) is 2.73. The minimum absolute atomic E-state index is 0.0849. The maximum absolute atomic E-state index is 12.9. The first-order chi connectivity index (χ1) is 10.7. The van der Waals surface area contributed by atoms with E-state index in [2.05, 4.69) is 29.2 Å². The largest absolute Gasteiger partial charge is 0.340 e. The van der Waals surface area contributed by atoms with Crippen LogP contribution in [0.3, 0.4) is 0 Å². The van der Waals surface area contributed by atoms with Gasteiger partial charge in [-0.3, -0.25) is 4.79 Å². The van der Waals surface area contributed by atoms with Crippen molar-refractivity contribution < 1.29 is 4.79 Å². The lowest BCUT2D eigenvalue weighted by Gasteiger charge is -2.18. The van der Waals surface area contributed by atoms with Crippen molar-refractivity contribution in [2.45, 2.75) is 31.2 Å². The zero-order valence-electron chi connectivity index (χ0n) is 12.9. The summed E-state index contributed by atoms with van der Waals surface area (Å²) >= 11 is 0. The SMILES string of the molecule is N[C@@H]1CN(C(=O)C2C3C4CCC(C4)C23)C[C@H]1c1ccccc1. The van der Waals surface area contributed by atoms with E-state index in [0.29, 0.717) is 17.7 Å². The van der Waals surface area contributed by atoms with Crippen LogP contribution < -0.4 is 5.73 Å². The van der Waals surface area contributed by atoms with Crippen molar-refractivity contribution in [3.8, 4) is 0 Å². The summed E-state index contributed by atoms with van der Waals surface area (Å²) in [6.07, 6.45) is 4.16. The van der Waals surface area contributed by atoms with Crippen LogP contribution in [0, 0.1) is 29.6 Å². The molecule has 4 aliphatic rings. The third-order valence-electron chi connectivity index (χ3n) is 6.92. The van der Waals surface area contributed by atoms with Gasteiger partial charge in [-0.1, -0.05) is 30.3 Å². The average molecular weight is 296 g/mol. The maximum atomic E-state index is 12.9. The van der Waals surface area contributed by atoms with Crippen molar-refractivity contribution in [2.24, 2.45) is 35.3 Å². The van der Waals surface area contributed by atoms with E-state index in [0.717, 1.165) is 36.8 Å². The molecule has 5 rings (SSSR count). The van der Waals surface area contributed by atoms with E-state index in [4.69, 9.17) is 5.73 Å². The van der Waals surface area contributed by atoms with Crippen molar-refractivity contribution in [1.82, 2.24) is 4.90 Å². The zero-order chi connectivity index (χ0) is 14.8. The van der Waals surface area contributed by atoms with Gasteiger partial charge in [0.2, 0.25) is 5.91 Å². The summed E-state index contributed by atoms with van der Waals surface area (Å²) in [7, 11) is 0. The average Bonchev–Trinajstić information content (AvgIpc) is 2.87. The number of rotatable bonds is 2. The number of carbonyl (C=O) groups is 1. The third kappa shape index (κ3) is 1.75. The first kappa shape index (κ1) is 13.1. The minimum Gasteiger partial charge on any atom is -0.340 e. The molecule has 1 saturated heterocycles. The van der Waals surface area contributed by atoms with E-state index in [-0.39, 0.29) is 6.04 Å². The highest BCUT2D eigenvalue weighted by atomic mass is 16.2. The number of carbonyl (C=O) groups excluding carboxylic acids is 1. The van der Waals surface area contributed by atoms with Gasteiger partial charge >= 0.3 is 0 Å². The van der Waals surface area contributed by atoms with Gasteiger partial charge in [0.25, 0.3) is 0 Å². The molecule has 4 unspecified atom stereocenters. The van der Waals surface area contributed by atoms with Crippen LogP contribution in [0.5, 0.6) is 0 Å². The van der Waals surface area contributed by atoms with Gasteiger partial charge in [0, 0.05) is 31.0 Å². The predicted molar refractivity (Wildman–Crippen MR) is 85.0 cm³/mol. The molecule has 0 aromatic heterocycles. The highest BCUT2D eigenvalue weighted by Gasteiger charge is 2.68. The molecule has 3 saturated carbocycles. The molecule has 3 nitrogen and oxygen atoms in total. The Morgan fingerprint density at radius 2 is 1.73 bits per heavy atom. The van der Waals surface area contributed by atoms with Crippen LogP contribution >= 0.6 is 0 Å². The topological polar surface area (TPSA) is 46.3 Å². The molecule has 6 atom stereocenters. The van der Waals surface area contributed by atoms with Gasteiger partial charge in [-0.15, -0.1) is 0 Å². The molecule has 1 aromatic rings. The van der Waals surface area contributed by atoms with Crippen molar-refractivity contribution in [3.05, 3.63) is 35.9 Å². The van der Waals surface area contributed by atoms with E-state index < -0.39 is 0 Å². The van der Waals surface area contributed by atoms with E-state index in [9.17, 15) is 4.79 Å². The summed E-state index contributed by atoms with van der Waals surface area (Å²) in [5, 5.41) is 0. The fourth-order valence-electron chi connectivity index (χ4n) is 5.93. The fourth-order valence-corrected chi connectivity index (χ4v) is 5.93. The van der Waals surface area contributed by atoms with E-state index in [1.165, 1.54) is 24.8 Å². The normalized spacial score (nSPS) is 45.1. The number of benzene rings is 1. The summed E-state index contributed by atoms with van der Waals surface area (Å²) in [6, 6.07) is 10.5. The second-order valence-corrected chi connectivity index (χ2v) is 7.94. The molecular formula is C19H24N2O. The molecule has 1 aliphatic heterocycles. The van der Waals surface area contributed by atoms with Gasteiger partial charge in [-0.05, 0) is 48.5 Å². The Balaban J connectivity index is 1.30. The Hall–Kier alpha value is -1.35. The molecule has 2 N–H and O–H groups in total. The number of nitrogens with two attached hydrogens (primary N) is 1. The number of fused-ring (bicyclic) bond motifs is 5. The van der Waals surface area contributed by atoms with Crippen molar-refractivity contribution in [1.29, 1.82) is 0 Å². The van der Waals surface area contributed by atoms with E-state index in [1.54, 1.807) is 0 Å². The fraction of sp³-hybridized carbons (Fsp3) is 0.632. The second kappa shape index (κ2) is 4.58. The van der Waals surface area contributed by atoms with Crippen molar-refractivity contribution >= 4 is 5.91 Å². The molecule has 1 amide bonds. The first-order valence-corrected chi connectivity index (χ1v) is 8.83. The van der Waals surface area contributed by atoms with Gasteiger partial charge in [-0.25, -0.2) is 0 Å². The lowest BCUT2D eigenvalue weighted by atomic mass is 9.95. The van der Waals surface area contributed by atoms with Gasteiger partial charge in [0.05, 0.1) is 0 Å². The van der Waals surface area contributed by atoms with Gasteiger partial charge < -0.3 is 10.6 Å². The van der Waals surface area contributed by atoms with E-state index >= 15 is 0 Å². The smallest absolute Gasteiger partial charge is 0.226 e. The van der Waals surface area contributed by atoms with Gasteiger partial charge in [-0.2, -0.15) is 0 Å². The number of hydrogen-bond acceptors (Lipinski definition) is 2. The Labute approximate surface area is 131 Å². The molecule has 1 aromatic carbocycles. The molecule has 3 heteroatoms. The monoisotopic (exact) mass is 296 g/mol. The molecule has 1 heterocycles. The van der Waals surface area contributed by atoms with Crippen LogP contribution in [0.2, 0.25) is 0 Å². The minimum atomic E-state index is 0.0849. The van der Waals surface area contributed by atoms with Crippen LogP contribution in [0.15, 0.2) is 30.3 Å². The van der Waals surface area contributed by atoms with Crippen molar-refractivity contribution in [3.63, 3.8) is 0 Å². The molecule has 0 radical (unpaired) electrons. The summed E-state index contributed by atoms with van der Waals surface area (Å²) in [5.41, 5.74) is 7.63. The molecule has 3 aliphatic carbocycles. The zero-order valence-corrected chi connectivity index (χ0v) is 12.9. The van der Waals surface area contributed by atoms with Crippen LogP contribution in [0.25, 0.3) is 0 Å². The lowest BCUT2D eigenvalue weighted by molar-refractivity contribution is -0.132.